The minimum atomic E-state index is -4.42. The molecule has 0 bridgehead atoms. The van der Waals surface area contributed by atoms with Crippen LogP contribution in [0, 0.1) is 5.82 Å². The molecular weight excluding hydrogens is 410 g/mol. The summed E-state index contributed by atoms with van der Waals surface area (Å²) in [6.45, 7) is -0.637. The quantitative estimate of drug-likeness (QED) is 0.661. The fourth-order valence-corrected chi connectivity index (χ4v) is 2.83. The zero-order valence-electron chi connectivity index (χ0n) is 12.4. The van der Waals surface area contributed by atoms with Crippen LogP contribution in [0.5, 0.6) is 0 Å². The summed E-state index contributed by atoms with van der Waals surface area (Å²) in [5.74, 6) is -0.678. The predicted octanol–water partition coefficient (Wildman–Crippen LogP) is 2.99. The van der Waals surface area contributed by atoms with E-state index in [0.29, 0.717) is 10.2 Å². The number of aromatic nitrogens is 4. The lowest BCUT2D eigenvalue weighted by Gasteiger charge is -2.06. The Kier molecular flexibility index (Phi) is 4.27. The maximum absolute atomic E-state index is 13.1. The highest BCUT2D eigenvalue weighted by Gasteiger charge is 2.28. The summed E-state index contributed by atoms with van der Waals surface area (Å²) >= 11 is 3.24. The van der Waals surface area contributed by atoms with Crippen molar-refractivity contribution in [3.63, 3.8) is 0 Å². The van der Waals surface area contributed by atoms with Gasteiger partial charge in [-0.2, -0.15) is 13.2 Å². The first-order valence-electron chi connectivity index (χ1n) is 6.94. The van der Waals surface area contributed by atoms with Crippen LogP contribution in [0.3, 0.4) is 0 Å². The van der Waals surface area contributed by atoms with Crippen LogP contribution in [-0.4, -0.2) is 25.3 Å². The van der Waals surface area contributed by atoms with E-state index >= 15 is 0 Å². The first-order valence-corrected chi connectivity index (χ1v) is 7.74. The van der Waals surface area contributed by atoms with E-state index in [1.807, 2.05) is 0 Å². The van der Waals surface area contributed by atoms with Gasteiger partial charge in [-0.15, -0.1) is 5.10 Å². The molecule has 3 rings (SSSR count). The second-order valence-corrected chi connectivity index (χ2v) is 5.96. The lowest BCUT2D eigenvalue weighted by molar-refractivity contribution is -0.137. The van der Waals surface area contributed by atoms with E-state index in [0.717, 1.165) is 4.40 Å². The molecule has 1 aromatic carbocycles. The molecule has 0 fully saturated rings. The first-order chi connectivity index (χ1) is 11.7. The highest BCUT2D eigenvalue weighted by Crippen LogP contribution is 2.30. The van der Waals surface area contributed by atoms with Gasteiger partial charge in [-0.25, -0.2) is 23.3 Å². The normalized spacial score (nSPS) is 12.0. The van der Waals surface area contributed by atoms with E-state index in [-0.39, 0.29) is 21.8 Å². The van der Waals surface area contributed by atoms with Crippen molar-refractivity contribution in [2.75, 3.05) is 5.73 Å². The van der Waals surface area contributed by atoms with Crippen LogP contribution in [0.1, 0.15) is 6.42 Å². The van der Waals surface area contributed by atoms with Gasteiger partial charge in [-0.1, -0.05) is 0 Å². The van der Waals surface area contributed by atoms with E-state index in [1.54, 1.807) is 0 Å². The number of aryl methyl sites for hydroxylation is 1. The number of anilines is 1. The molecule has 0 spiro atoms. The van der Waals surface area contributed by atoms with Crippen molar-refractivity contribution in [2.45, 2.75) is 19.1 Å². The molecule has 2 aromatic heterocycles. The van der Waals surface area contributed by atoms with Crippen LogP contribution < -0.4 is 11.4 Å². The number of benzene rings is 1. The second-order valence-electron chi connectivity index (χ2n) is 5.17. The fourth-order valence-electron chi connectivity index (χ4n) is 2.25. The molecule has 25 heavy (non-hydrogen) atoms. The lowest BCUT2D eigenvalue weighted by atomic mass is 10.1. The Bertz CT molecular complexity index is 994. The number of nitrogens with zero attached hydrogens (tertiary/aromatic N) is 4. The number of alkyl halides is 3. The Hall–Kier alpha value is -2.43. The molecule has 0 aliphatic carbocycles. The number of rotatable bonds is 3. The zero-order valence-corrected chi connectivity index (χ0v) is 14.0. The van der Waals surface area contributed by atoms with E-state index in [2.05, 4.69) is 26.0 Å². The summed E-state index contributed by atoms with van der Waals surface area (Å²) in [5, 5.41) is 3.91. The van der Waals surface area contributed by atoms with Crippen molar-refractivity contribution in [3.05, 3.63) is 45.0 Å². The van der Waals surface area contributed by atoms with Crippen molar-refractivity contribution in [1.29, 1.82) is 0 Å². The summed E-state index contributed by atoms with van der Waals surface area (Å²) in [7, 11) is 0. The van der Waals surface area contributed by atoms with Crippen LogP contribution in [0.4, 0.5) is 23.5 Å². The molecule has 2 heterocycles. The van der Waals surface area contributed by atoms with Crippen molar-refractivity contribution >= 4 is 27.5 Å². The third kappa shape index (κ3) is 3.36. The second kappa shape index (κ2) is 6.14. The topological polar surface area (TPSA) is 78.2 Å². The minimum Gasteiger partial charge on any atom is -0.369 e. The molecule has 0 saturated heterocycles. The van der Waals surface area contributed by atoms with Crippen LogP contribution in [-0.2, 0) is 6.54 Å². The SMILES string of the molecule is Nc1nc(-c2ccc(F)cc2)c(Br)c2nn(CCC(F)(F)F)c(=O)n12. The van der Waals surface area contributed by atoms with Crippen LogP contribution in [0.25, 0.3) is 16.9 Å². The van der Waals surface area contributed by atoms with Gasteiger partial charge < -0.3 is 5.73 Å². The highest BCUT2D eigenvalue weighted by atomic mass is 79.9. The molecule has 3 aromatic rings. The van der Waals surface area contributed by atoms with Gasteiger partial charge in [0.05, 0.1) is 23.1 Å². The molecule has 2 N–H and O–H groups in total. The molecular formula is C14H10BrF4N5O. The number of fused-ring (bicyclic) bond motifs is 1. The Balaban J connectivity index is 2.14. The molecule has 6 nitrogen and oxygen atoms in total. The molecule has 132 valence electrons. The Labute approximate surface area is 146 Å². The van der Waals surface area contributed by atoms with Crippen molar-refractivity contribution < 1.29 is 17.6 Å². The van der Waals surface area contributed by atoms with Gasteiger partial charge in [-0.3, -0.25) is 0 Å². The van der Waals surface area contributed by atoms with Gasteiger partial charge in [0.2, 0.25) is 5.95 Å². The molecule has 11 heteroatoms. The van der Waals surface area contributed by atoms with Crippen molar-refractivity contribution in [3.8, 4) is 11.3 Å². The van der Waals surface area contributed by atoms with Gasteiger partial charge in [0.25, 0.3) is 0 Å². The number of hydrogen-bond acceptors (Lipinski definition) is 4. The average Bonchev–Trinajstić information content (AvgIpc) is 2.87. The van der Waals surface area contributed by atoms with E-state index in [1.165, 1.54) is 24.3 Å². The minimum absolute atomic E-state index is 0.0269. The lowest BCUT2D eigenvalue weighted by Crippen LogP contribution is -2.25. The van der Waals surface area contributed by atoms with E-state index in [9.17, 15) is 22.4 Å². The summed E-state index contributed by atoms with van der Waals surface area (Å²) in [6.07, 6.45) is -5.62. The molecule has 0 saturated carbocycles. The Morgan fingerprint density at radius 1 is 1.20 bits per heavy atom. The maximum Gasteiger partial charge on any atom is 0.390 e. The van der Waals surface area contributed by atoms with E-state index in [4.69, 9.17) is 5.73 Å². The molecule has 0 aliphatic heterocycles. The Morgan fingerprint density at radius 2 is 1.84 bits per heavy atom. The van der Waals surface area contributed by atoms with Gasteiger partial charge >= 0.3 is 11.9 Å². The molecule has 0 unspecified atom stereocenters. The third-order valence-corrected chi connectivity index (χ3v) is 4.15. The summed E-state index contributed by atoms with van der Waals surface area (Å²) < 4.78 is 52.0. The third-order valence-electron chi connectivity index (χ3n) is 3.42. The van der Waals surface area contributed by atoms with Crippen molar-refractivity contribution in [2.24, 2.45) is 0 Å². The molecule has 0 atom stereocenters. The smallest absolute Gasteiger partial charge is 0.369 e. The van der Waals surface area contributed by atoms with Gasteiger partial charge in [-0.05, 0) is 40.2 Å². The first kappa shape index (κ1) is 17.4. The highest BCUT2D eigenvalue weighted by molar-refractivity contribution is 9.10. The van der Waals surface area contributed by atoms with Gasteiger partial charge in [0.1, 0.15) is 5.82 Å². The molecule has 0 amide bonds. The molecule has 0 radical (unpaired) electrons. The number of nitrogens with two attached hydrogens (primary N) is 1. The van der Waals surface area contributed by atoms with Crippen LogP contribution in [0.15, 0.2) is 33.5 Å². The van der Waals surface area contributed by atoms with Gasteiger partial charge in [0, 0.05) is 5.56 Å². The summed E-state index contributed by atoms with van der Waals surface area (Å²) in [5.41, 5.74) is 5.76. The van der Waals surface area contributed by atoms with Crippen LogP contribution in [0.2, 0.25) is 0 Å². The monoisotopic (exact) mass is 419 g/mol. The zero-order chi connectivity index (χ0) is 18.4. The number of nitrogen functional groups attached to an aromatic ring is 1. The summed E-state index contributed by atoms with van der Waals surface area (Å²) in [4.78, 5) is 16.3. The fraction of sp³-hybridized carbons (Fsp3) is 0.214. The van der Waals surface area contributed by atoms with Gasteiger partial charge in [0.15, 0.2) is 5.65 Å². The average molecular weight is 420 g/mol. The largest absolute Gasteiger partial charge is 0.390 e. The van der Waals surface area contributed by atoms with E-state index < -0.39 is 30.6 Å². The standard InChI is InChI=1S/C14H10BrF4N5O/c15-9-10(7-1-3-8(16)4-2-7)21-12(20)24-11(9)22-23(13(24)25)6-5-14(17,18)19/h1-4H,5-6H2,(H2,20,21). The molecule has 0 aliphatic rings. The van der Waals surface area contributed by atoms with Crippen LogP contribution >= 0.6 is 15.9 Å². The number of halogens is 5. The number of hydrogen-bond donors (Lipinski definition) is 1. The maximum atomic E-state index is 13.1. The summed E-state index contributed by atoms with van der Waals surface area (Å²) in [6, 6.07) is 5.35. The predicted molar refractivity (Wildman–Crippen MR) is 85.4 cm³/mol. The van der Waals surface area contributed by atoms with Crippen molar-refractivity contribution in [1.82, 2.24) is 19.2 Å². The Morgan fingerprint density at radius 3 is 2.44 bits per heavy atom.